The van der Waals surface area contributed by atoms with Crippen LogP contribution in [0.25, 0.3) is 10.9 Å². The van der Waals surface area contributed by atoms with Crippen LogP contribution in [0.15, 0.2) is 35.2 Å². The normalized spacial score (nSPS) is 10.9. The Balaban J connectivity index is 2.34. The quantitative estimate of drug-likeness (QED) is 0.570. The first-order chi connectivity index (χ1) is 7.81. The Morgan fingerprint density at radius 3 is 2.88 bits per heavy atom. The molecule has 1 heterocycles. The van der Waals surface area contributed by atoms with Crippen LogP contribution in [0.3, 0.4) is 0 Å². The molecule has 0 amide bonds. The van der Waals surface area contributed by atoms with Gasteiger partial charge in [0.25, 0.3) is 0 Å². The summed E-state index contributed by atoms with van der Waals surface area (Å²) in [5, 5.41) is 1.29. The number of aryl methyl sites for hydroxylation is 1. The van der Waals surface area contributed by atoms with Crippen molar-refractivity contribution in [2.24, 2.45) is 0 Å². The second-order valence-electron chi connectivity index (χ2n) is 3.98. The minimum absolute atomic E-state index is 1.11. The summed E-state index contributed by atoms with van der Waals surface area (Å²) in [5.41, 5.74) is 2.22. The molecule has 0 radical (unpaired) electrons. The molecule has 84 valence electrons. The van der Waals surface area contributed by atoms with Crippen molar-refractivity contribution in [1.29, 1.82) is 0 Å². The number of fused-ring (bicyclic) bond motifs is 1. The van der Waals surface area contributed by atoms with E-state index in [1.807, 2.05) is 11.8 Å². The van der Waals surface area contributed by atoms with Crippen LogP contribution in [0.2, 0.25) is 0 Å². The first kappa shape index (κ1) is 11.5. The van der Waals surface area contributed by atoms with E-state index in [0.717, 1.165) is 11.2 Å². The minimum Gasteiger partial charge on any atom is -0.253 e. The molecule has 0 aliphatic heterocycles. The highest BCUT2D eigenvalue weighted by Gasteiger charge is 2.03. The molecule has 16 heavy (non-hydrogen) atoms. The highest BCUT2D eigenvalue weighted by molar-refractivity contribution is 7.99. The van der Waals surface area contributed by atoms with Crippen molar-refractivity contribution < 1.29 is 0 Å². The second kappa shape index (κ2) is 5.35. The number of aromatic nitrogens is 1. The third-order valence-corrected chi connectivity index (χ3v) is 3.70. The molecule has 2 heteroatoms. The Bertz CT molecular complexity index is 479. The van der Waals surface area contributed by atoms with Gasteiger partial charge in [0.15, 0.2) is 0 Å². The topological polar surface area (TPSA) is 12.9 Å². The lowest BCUT2D eigenvalue weighted by Gasteiger charge is -2.06. The fraction of sp³-hybridized carbons (Fsp3) is 0.357. The molecule has 1 nitrogen and oxygen atoms in total. The number of benzene rings is 1. The van der Waals surface area contributed by atoms with E-state index < -0.39 is 0 Å². The molecule has 0 fully saturated rings. The molecule has 0 atom stereocenters. The molecule has 0 unspecified atom stereocenters. The van der Waals surface area contributed by atoms with E-state index in [4.69, 9.17) is 0 Å². The Morgan fingerprint density at radius 2 is 2.06 bits per heavy atom. The first-order valence-electron chi connectivity index (χ1n) is 5.80. The smallest absolute Gasteiger partial charge is 0.0716 e. The van der Waals surface area contributed by atoms with Crippen molar-refractivity contribution in [2.45, 2.75) is 31.6 Å². The average molecular weight is 231 g/mol. The average Bonchev–Trinajstić information content (AvgIpc) is 2.29. The van der Waals surface area contributed by atoms with E-state index in [2.05, 4.69) is 49.2 Å². The lowest BCUT2D eigenvalue weighted by Crippen LogP contribution is -1.87. The maximum Gasteiger partial charge on any atom is 0.0716 e. The fourth-order valence-electron chi connectivity index (χ4n) is 1.72. The van der Waals surface area contributed by atoms with Gasteiger partial charge in [0.05, 0.1) is 5.52 Å². The SMILES string of the molecule is CCCCSc1cc(C)nc2ccccc12. The van der Waals surface area contributed by atoms with Gasteiger partial charge in [-0.3, -0.25) is 4.98 Å². The number of nitrogens with zero attached hydrogens (tertiary/aromatic N) is 1. The van der Waals surface area contributed by atoms with Gasteiger partial charge < -0.3 is 0 Å². The van der Waals surface area contributed by atoms with Gasteiger partial charge >= 0.3 is 0 Å². The zero-order valence-electron chi connectivity index (χ0n) is 9.86. The Labute approximate surface area is 101 Å². The monoisotopic (exact) mass is 231 g/mol. The number of unbranched alkanes of at least 4 members (excludes halogenated alkanes) is 1. The maximum absolute atomic E-state index is 4.55. The van der Waals surface area contributed by atoms with Crippen molar-refractivity contribution in [1.82, 2.24) is 4.98 Å². The van der Waals surface area contributed by atoms with Crippen molar-refractivity contribution in [2.75, 3.05) is 5.75 Å². The summed E-state index contributed by atoms with van der Waals surface area (Å²) < 4.78 is 0. The molecule has 1 aromatic carbocycles. The number of hydrogen-bond acceptors (Lipinski definition) is 2. The van der Waals surface area contributed by atoms with Crippen molar-refractivity contribution >= 4 is 22.7 Å². The van der Waals surface area contributed by atoms with Crippen LogP contribution in [0.5, 0.6) is 0 Å². The Hall–Kier alpha value is -1.02. The summed E-state index contributed by atoms with van der Waals surface area (Å²) >= 11 is 1.95. The number of para-hydroxylation sites is 1. The summed E-state index contributed by atoms with van der Waals surface area (Å²) in [6.45, 7) is 4.30. The van der Waals surface area contributed by atoms with E-state index in [1.165, 1.54) is 28.9 Å². The summed E-state index contributed by atoms with van der Waals surface area (Å²) in [5.74, 6) is 1.20. The van der Waals surface area contributed by atoms with E-state index in [0.29, 0.717) is 0 Å². The third-order valence-electron chi connectivity index (χ3n) is 2.56. The van der Waals surface area contributed by atoms with Gasteiger partial charge in [0.2, 0.25) is 0 Å². The van der Waals surface area contributed by atoms with E-state index >= 15 is 0 Å². The summed E-state index contributed by atoms with van der Waals surface area (Å²) in [7, 11) is 0. The zero-order chi connectivity index (χ0) is 11.4. The molecule has 0 bridgehead atoms. The minimum atomic E-state index is 1.11. The standard InChI is InChI=1S/C14H17NS/c1-3-4-9-16-14-10-11(2)15-13-8-6-5-7-12(13)14/h5-8,10H,3-4,9H2,1-2H3. The predicted octanol–water partition coefficient (Wildman–Crippen LogP) is 4.44. The van der Waals surface area contributed by atoms with Crippen LogP contribution in [-0.4, -0.2) is 10.7 Å². The van der Waals surface area contributed by atoms with E-state index in [-0.39, 0.29) is 0 Å². The van der Waals surface area contributed by atoms with Crippen LogP contribution >= 0.6 is 11.8 Å². The van der Waals surface area contributed by atoms with Crippen molar-refractivity contribution in [3.63, 3.8) is 0 Å². The van der Waals surface area contributed by atoms with Crippen LogP contribution in [0.4, 0.5) is 0 Å². The van der Waals surface area contributed by atoms with E-state index in [1.54, 1.807) is 0 Å². The second-order valence-corrected chi connectivity index (χ2v) is 5.12. The lowest BCUT2D eigenvalue weighted by molar-refractivity contribution is 0.896. The van der Waals surface area contributed by atoms with Crippen LogP contribution in [-0.2, 0) is 0 Å². The molecule has 0 N–H and O–H groups in total. The summed E-state index contributed by atoms with van der Waals surface area (Å²) in [4.78, 5) is 5.92. The molecule has 0 saturated heterocycles. The van der Waals surface area contributed by atoms with Crippen LogP contribution in [0, 0.1) is 6.92 Å². The van der Waals surface area contributed by atoms with Crippen LogP contribution < -0.4 is 0 Å². The molecule has 1 aromatic heterocycles. The van der Waals surface area contributed by atoms with Crippen molar-refractivity contribution in [3.8, 4) is 0 Å². The lowest BCUT2D eigenvalue weighted by atomic mass is 10.2. The number of rotatable bonds is 4. The van der Waals surface area contributed by atoms with Gasteiger partial charge in [-0.15, -0.1) is 11.8 Å². The molecule has 2 rings (SSSR count). The molecule has 0 aliphatic carbocycles. The number of hydrogen-bond donors (Lipinski definition) is 0. The fourth-order valence-corrected chi connectivity index (χ4v) is 2.95. The highest BCUT2D eigenvalue weighted by Crippen LogP contribution is 2.28. The van der Waals surface area contributed by atoms with Gasteiger partial charge in [-0.2, -0.15) is 0 Å². The summed E-state index contributed by atoms with van der Waals surface area (Å²) in [6.07, 6.45) is 2.54. The van der Waals surface area contributed by atoms with E-state index in [9.17, 15) is 0 Å². The number of pyridine rings is 1. The maximum atomic E-state index is 4.55. The van der Waals surface area contributed by atoms with Gasteiger partial charge in [0, 0.05) is 16.0 Å². The molecular formula is C14H17NS. The highest BCUT2D eigenvalue weighted by atomic mass is 32.2. The molecule has 0 aliphatic rings. The molecule has 0 spiro atoms. The van der Waals surface area contributed by atoms with Crippen LogP contribution in [0.1, 0.15) is 25.5 Å². The van der Waals surface area contributed by atoms with Gasteiger partial charge in [-0.1, -0.05) is 31.5 Å². The first-order valence-corrected chi connectivity index (χ1v) is 6.79. The molecular weight excluding hydrogens is 214 g/mol. The largest absolute Gasteiger partial charge is 0.253 e. The Kier molecular flexibility index (Phi) is 3.83. The Morgan fingerprint density at radius 1 is 1.25 bits per heavy atom. The predicted molar refractivity (Wildman–Crippen MR) is 72.1 cm³/mol. The molecule has 2 aromatic rings. The number of thioether (sulfide) groups is 1. The van der Waals surface area contributed by atoms with Crippen molar-refractivity contribution in [3.05, 3.63) is 36.0 Å². The summed E-state index contributed by atoms with van der Waals surface area (Å²) in [6, 6.07) is 10.6. The molecule has 0 saturated carbocycles. The van der Waals surface area contributed by atoms with Gasteiger partial charge in [-0.25, -0.2) is 0 Å². The van der Waals surface area contributed by atoms with Gasteiger partial charge in [0.1, 0.15) is 0 Å². The van der Waals surface area contributed by atoms with Gasteiger partial charge in [-0.05, 0) is 31.2 Å². The zero-order valence-corrected chi connectivity index (χ0v) is 10.7. The third kappa shape index (κ3) is 2.56.